The van der Waals surface area contributed by atoms with Gasteiger partial charge in [-0.15, -0.1) is 0 Å². The van der Waals surface area contributed by atoms with E-state index in [0.29, 0.717) is 19.4 Å². The lowest BCUT2D eigenvalue weighted by atomic mass is 9.52. The van der Waals surface area contributed by atoms with E-state index < -0.39 is 20.0 Å². The molecule has 0 aromatic heterocycles. The number of ether oxygens (including phenoxy) is 1. The van der Waals surface area contributed by atoms with Crippen LogP contribution in [0, 0.1) is 5.92 Å². The Kier molecular flexibility index (Phi) is 2.65. The molecule has 1 saturated carbocycles. The number of benzene rings is 1. The van der Waals surface area contributed by atoms with E-state index in [4.69, 9.17) is 11.6 Å². The normalized spacial score (nSPS) is 37.6. The maximum absolute atomic E-state index is 12.9. The van der Waals surface area contributed by atoms with Crippen LogP contribution in [0.2, 0.25) is 0 Å². The van der Waals surface area contributed by atoms with Crippen LogP contribution in [0.5, 0.6) is 5.75 Å². The molecule has 1 aromatic rings. The van der Waals surface area contributed by atoms with E-state index in [2.05, 4.69) is 0 Å². The predicted octanol–water partition coefficient (Wildman–Crippen LogP) is 4.02. The predicted molar refractivity (Wildman–Crippen MR) is 86.3 cm³/mol. The summed E-state index contributed by atoms with van der Waals surface area (Å²) in [5.74, 6) is 0.324. The van der Waals surface area contributed by atoms with Crippen LogP contribution in [-0.2, 0) is 11.8 Å². The molecule has 2 aliphatic carbocycles. The Morgan fingerprint density at radius 1 is 1.43 bits per heavy atom. The van der Waals surface area contributed by atoms with Gasteiger partial charge in [0.2, 0.25) is 0 Å². The van der Waals surface area contributed by atoms with Crippen molar-refractivity contribution in [2.24, 2.45) is 5.92 Å². The molecule has 1 aliphatic heterocycles. The van der Waals surface area contributed by atoms with Crippen molar-refractivity contribution in [3.63, 3.8) is 0 Å². The summed E-state index contributed by atoms with van der Waals surface area (Å²) >= 11 is 0. The number of likely N-dealkylation sites (tertiary alicyclic amines) is 1. The number of rotatable bonds is 3. The number of hydrogen-bond donors (Lipinski definition) is 0. The zero-order valence-corrected chi connectivity index (χ0v) is 13.0. The molecule has 1 heterocycles. The quantitative estimate of drug-likeness (QED) is 0.832. The number of nitrogens with zero attached hydrogens (tertiary/aromatic N) is 1. The highest BCUT2D eigenvalue weighted by molar-refractivity contribution is 5.45. The molecule has 0 spiro atoms. The third kappa shape index (κ3) is 2.46. The summed E-state index contributed by atoms with van der Waals surface area (Å²) in [4.78, 5) is 1.67. The molecule has 3 aliphatic rings. The largest absolute Gasteiger partial charge is 0.488 e. The van der Waals surface area contributed by atoms with Crippen molar-refractivity contribution in [2.45, 2.75) is 56.4 Å². The van der Waals surface area contributed by atoms with Gasteiger partial charge < -0.3 is 9.64 Å². The Labute approximate surface area is 143 Å². The van der Waals surface area contributed by atoms with Crippen LogP contribution in [0.3, 0.4) is 0 Å². The summed E-state index contributed by atoms with van der Waals surface area (Å²) in [5.41, 5.74) is 1.90. The van der Waals surface area contributed by atoms with Gasteiger partial charge in [-0.05, 0) is 68.4 Å². The third-order valence-electron chi connectivity index (χ3n) is 6.07. The third-order valence-corrected chi connectivity index (χ3v) is 6.07. The number of piperidine rings is 1. The van der Waals surface area contributed by atoms with Gasteiger partial charge in [0.1, 0.15) is 12.3 Å². The molecule has 0 N–H and O–H groups in total. The monoisotopic (exact) mass is 326 g/mol. The van der Waals surface area contributed by atoms with Gasteiger partial charge in [0.15, 0.2) is 0 Å². The second kappa shape index (κ2) is 5.73. The number of hydrogen-bond acceptors (Lipinski definition) is 2. The first-order chi connectivity index (χ1) is 13.0. The second-order valence-electron chi connectivity index (χ2n) is 7.06. The molecule has 0 amide bonds. The van der Waals surface area contributed by atoms with Gasteiger partial charge >= 0.3 is 0 Å². The lowest BCUT2D eigenvalue weighted by Gasteiger charge is -2.58. The molecule has 0 unspecified atom stereocenters. The van der Waals surface area contributed by atoms with Crippen molar-refractivity contribution < 1.29 is 20.4 Å². The summed E-state index contributed by atoms with van der Waals surface area (Å²) in [6.07, 6.45) is 2.11. The summed E-state index contributed by atoms with van der Waals surface area (Å²) < 4.78 is 69.4. The smallest absolute Gasteiger partial charge is 0.272 e. The molecule has 2 fully saturated rings. The van der Waals surface area contributed by atoms with Crippen molar-refractivity contribution in [2.75, 3.05) is 20.1 Å². The Bertz CT molecular complexity index is 756. The maximum Gasteiger partial charge on any atom is 0.272 e. The minimum absolute atomic E-state index is 0.0478. The lowest BCUT2D eigenvalue weighted by Crippen LogP contribution is -2.59. The van der Waals surface area contributed by atoms with E-state index in [1.54, 1.807) is 17.0 Å². The highest BCUT2D eigenvalue weighted by Crippen LogP contribution is 2.55. The first-order valence-corrected chi connectivity index (χ1v) is 8.42. The zero-order chi connectivity index (χ0) is 20.3. The second-order valence-corrected chi connectivity index (χ2v) is 7.06. The molecule has 2 bridgehead atoms. The van der Waals surface area contributed by atoms with E-state index >= 15 is 0 Å². The van der Waals surface area contributed by atoms with Crippen molar-refractivity contribution >= 4 is 0 Å². The minimum Gasteiger partial charge on any atom is -0.488 e. The SMILES string of the molecule is [2H]C([2H])(Oc1ccc2c(c1)[C@@]13CCCC[C@@H]1[C@H](C2)N(C([2H])([2H])[2H])CC3)C(F)F. The van der Waals surface area contributed by atoms with Gasteiger partial charge in [0, 0.05) is 15.6 Å². The van der Waals surface area contributed by atoms with Gasteiger partial charge in [-0.2, -0.15) is 0 Å². The summed E-state index contributed by atoms with van der Waals surface area (Å²) in [7, 11) is 0. The highest BCUT2D eigenvalue weighted by Gasteiger charge is 2.53. The fourth-order valence-corrected chi connectivity index (χ4v) is 5.16. The van der Waals surface area contributed by atoms with Gasteiger partial charge in [-0.3, -0.25) is 0 Å². The standard InChI is InChI=1S/C19H25F2NO/c1-22-9-8-19-7-3-2-4-15(19)17(22)10-13-5-6-14(11-16(13)19)23-12-18(20)21/h5-6,11,15,17-18H,2-4,7-10,12H2,1H3/t15-,17+,19-/m1/s1/i1D3,12D2. The van der Waals surface area contributed by atoms with Crippen LogP contribution >= 0.6 is 0 Å². The lowest BCUT2D eigenvalue weighted by molar-refractivity contribution is 0.00259. The van der Waals surface area contributed by atoms with Crippen LogP contribution in [0.15, 0.2) is 18.2 Å². The van der Waals surface area contributed by atoms with E-state index in [1.165, 1.54) is 6.07 Å². The molecule has 4 rings (SSSR count). The first kappa shape index (κ1) is 10.7. The van der Waals surface area contributed by atoms with Crippen molar-refractivity contribution in [1.29, 1.82) is 0 Å². The summed E-state index contributed by atoms with van der Waals surface area (Å²) in [6, 6.07) is 5.01. The number of likely N-dealkylation sites (N-methyl/N-ethyl adjacent to an activating group) is 1. The molecular weight excluding hydrogens is 296 g/mol. The number of halogens is 2. The van der Waals surface area contributed by atoms with Crippen molar-refractivity contribution in [1.82, 2.24) is 4.90 Å². The topological polar surface area (TPSA) is 12.5 Å². The first-order valence-electron chi connectivity index (χ1n) is 10.9. The maximum atomic E-state index is 12.9. The molecular formula is C19H25F2NO. The average molecular weight is 326 g/mol. The van der Waals surface area contributed by atoms with Gasteiger partial charge in [0.05, 0.1) is 2.74 Å². The Balaban J connectivity index is 1.74. The van der Waals surface area contributed by atoms with Crippen LogP contribution in [0.1, 0.15) is 50.1 Å². The number of fused-ring (bicyclic) bond motifs is 1. The van der Waals surface area contributed by atoms with Gasteiger partial charge in [-0.25, -0.2) is 8.78 Å². The van der Waals surface area contributed by atoms with Crippen LogP contribution in [0.4, 0.5) is 8.78 Å². The van der Waals surface area contributed by atoms with Gasteiger partial charge in [-0.1, -0.05) is 18.9 Å². The van der Waals surface area contributed by atoms with Crippen LogP contribution in [0.25, 0.3) is 0 Å². The minimum atomic E-state index is -3.24. The summed E-state index contributed by atoms with van der Waals surface area (Å²) in [5, 5.41) is 0. The molecule has 1 aromatic carbocycles. The van der Waals surface area contributed by atoms with E-state index in [1.807, 2.05) is 0 Å². The van der Waals surface area contributed by atoms with E-state index in [-0.39, 0.29) is 23.1 Å². The van der Waals surface area contributed by atoms with Gasteiger partial charge in [0.25, 0.3) is 6.43 Å². The van der Waals surface area contributed by atoms with Crippen molar-refractivity contribution in [3.8, 4) is 5.75 Å². The fourth-order valence-electron chi connectivity index (χ4n) is 5.16. The van der Waals surface area contributed by atoms with Crippen molar-refractivity contribution in [3.05, 3.63) is 29.3 Å². The Morgan fingerprint density at radius 2 is 2.35 bits per heavy atom. The Morgan fingerprint density at radius 3 is 3.17 bits per heavy atom. The molecule has 2 nitrogen and oxygen atoms in total. The Hall–Kier alpha value is -1.16. The molecule has 3 atom stereocenters. The molecule has 1 saturated heterocycles. The zero-order valence-electron chi connectivity index (χ0n) is 18.0. The van der Waals surface area contributed by atoms with Crippen LogP contribution < -0.4 is 4.74 Å². The average Bonchev–Trinajstić information content (AvgIpc) is 2.61. The molecule has 4 heteroatoms. The number of alkyl halides is 2. The molecule has 126 valence electrons. The fraction of sp³-hybridized carbons (Fsp3) is 0.684. The van der Waals surface area contributed by atoms with E-state index in [0.717, 1.165) is 36.8 Å². The molecule has 23 heavy (non-hydrogen) atoms. The summed E-state index contributed by atoms with van der Waals surface area (Å²) in [6.45, 7) is -4.68. The van der Waals surface area contributed by atoms with Crippen LogP contribution in [-0.4, -0.2) is 37.4 Å². The molecule has 0 radical (unpaired) electrons. The van der Waals surface area contributed by atoms with E-state index in [9.17, 15) is 8.78 Å². The highest BCUT2D eigenvalue weighted by atomic mass is 19.3.